The quantitative estimate of drug-likeness (QED) is 0.779. The van der Waals surface area contributed by atoms with Crippen molar-refractivity contribution in [2.24, 2.45) is 5.92 Å². The van der Waals surface area contributed by atoms with Crippen LogP contribution in [-0.4, -0.2) is 30.9 Å². The molecule has 0 radical (unpaired) electrons. The average Bonchev–Trinajstić information content (AvgIpc) is 2.99. The molecule has 1 fully saturated rings. The molecule has 0 aromatic heterocycles. The smallest absolute Gasteiger partial charge is 0.252 e. The Bertz CT molecular complexity index is 554. The first-order chi connectivity index (χ1) is 10.5. The molecule has 22 heavy (non-hydrogen) atoms. The van der Waals surface area contributed by atoms with Gasteiger partial charge in [0, 0.05) is 12.2 Å². The van der Waals surface area contributed by atoms with Gasteiger partial charge in [-0.2, -0.15) is 0 Å². The Morgan fingerprint density at radius 3 is 2.77 bits per heavy atom. The first-order valence-electron chi connectivity index (χ1n) is 7.59. The van der Waals surface area contributed by atoms with Gasteiger partial charge in [0.25, 0.3) is 5.91 Å². The van der Waals surface area contributed by atoms with Crippen LogP contribution in [0.3, 0.4) is 0 Å². The summed E-state index contributed by atoms with van der Waals surface area (Å²) in [6.45, 7) is 5.52. The van der Waals surface area contributed by atoms with Gasteiger partial charge in [0.1, 0.15) is 0 Å². The summed E-state index contributed by atoms with van der Waals surface area (Å²) in [7, 11) is 0. The third-order valence-electron chi connectivity index (χ3n) is 3.53. The number of rotatable bonds is 5. The third-order valence-corrected chi connectivity index (χ3v) is 3.84. The van der Waals surface area contributed by atoms with Gasteiger partial charge in [-0.1, -0.05) is 25.4 Å². The number of carbonyl (C=O) groups is 2. The number of benzene rings is 1. The number of carbonyl (C=O) groups excluding carboxylic acids is 2. The van der Waals surface area contributed by atoms with Crippen molar-refractivity contribution in [2.75, 3.05) is 18.4 Å². The fourth-order valence-corrected chi connectivity index (χ4v) is 2.57. The first kappa shape index (κ1) is 16.8. The molecule has 6 heteroatoms. The van der Waals surface area contributed by atoms with Gasteiger partial charge in [-0.15, -0.1) is 0 Å². The number of hydrogen-bond acceptors (Lipinski definition) is 3. The van der Waals surface area contributed by atoms with Crippen LogP contribution < -0.4 is 16.0 Å². The minimum Gasteiger partial charge on any atom is -0.352 e. The van der Waals surface area contributed by atoms with Crippen LogP contribution in [0.4, 0.5) is 5.69 Å². The predicted octanol–water partition coefficient (Wildman–Crippen LogP) is 2.42. The molecule has 2 rings (SSSR count). The van der Waals surface area contributed by atoms with Crippen molar-refractivity contribution < 1.29 is 9.59 Å². The molecule has 1 aliphatic rings. The normalized spacial score (nSPS) is 17.5. The molecule has 1 atom stereocenters. The topological polar surface area (TPSA) is 70.2 Å². The van der Waals surface area contributed by atoms with Crippen LogP contribution in [0.25, 0.3) is 0 Å². The van der Waals surface area contributed by atoms with E-state index in [0.29, 0.717) is 28.7 Å². The van der Waals surface area contributed by atoms with Gasteiger partial charge in [-0.05, 0) is 43.5 Å². The van der Waals surface area contributed by atoms with Crippen molar-refractivity contribution >= 4 is 29.1 Å². The van der Waals surface area contributed by atoms with E-state index >= 15 is 0 Å². The number of hydrogen-bond donors (Lipinski definition) is 3. The molecule has 0 bridgehead atoms. The summed E-state index contributed by atoms with van der Waals surface area (Å²) in [5.41, 5.74) is 1.02. The molecule has 1 heterocycles. The van der Waals surface area contributed by atoms with Crippen LogP contribution in [0.2, 0.25) is 5.02 Å². The average molecular weight is 324 g/mol. The van der Waals surface area contributed by atoms with Crippen LogP contribution in [-0.2, 0) is 4.79 Å². The summed E-state index contributed by atoms with van der Waals surface area (Å²) in [6.07, 6.45) is 1.85. The molecule has 0 aliphatic carbocycles. The molecule has 1 aliphatic heterocycles. The molecule has 1 aromatic rings. The fraction of sp³-hybridized carbons (Fsp3) is 0.500. The second kappa shape index (κ2) is 7.61. The highest BCUT2D eigenvalue weighted by Gasteiger charge is 2.22. The Morgan fingerprint density at radius 1 is 1.41 bits per heavy atom. The molecular formula is C16H22ClN3O2. The molecule has 120 valence electrons. The number of amides is 2. The van der Waals surface area contributed by atoms with Crippen LogP contribution in [0.1, 0.15) is 37.0 Å². The van der Waals surface area contributed by atoms with Gasteiger partial charge in [-0.3, -0.25) is 9.59 Å². The van der Waals surface area contributed by atoms with Crippen molar-refractivity contribution in [3.8, 4) is 0 Å². The zero-order chi connectivity index (χ0) is 16.1. The molecule has 1 aromatic carbocycles. The number of anilines is 1. The summed E-state index contributed by atoms with van der Waals surface area (Å²) < 4.78 is 0. The standard InChI is InChI=1S/C16H22ClN3O2/c1-10(2)9-19-15(21)12-6-5-11(8-13(12)17)20-16(22)14-4-3-7-18-14/h5-6,8,10,14,18H,3-4,7,9H2,1-2H3,(H,19,21)(H,20,22). The summed E-state index contributed by atoms with van der Waals surface area (Å²) >= 11 is 6.15. The molecule has 3 N–H and O–H groups in total. The van der Waals surface area contributed by atoms with Crippen LogP contribution in [0.5, 0.6) is 0 Å². The van der Waals surface area contributed by atoms with Crippen molar-refractivity contribution in [1.82, 2.24) is 10.6 Å². The van der Waals surface area contributed by atoms with Crippen LogP contribution >= 0.6 is 11.6 Å². The lowest BCUT2D eigenvalue weighted by Crippen LogP contribution is -2.35. The highest BCUT2D eigenvalue weighted by atomic mass is 35.5. The third kappa shape index (κ3) is 4.45. The van der Waals surface area contributed by atoms with Gasteiger partial charge in [0.2, 0.25) is 5.91 Å². The van der Waals surface area contributed by atoms with Gasteiger partial charge >= 0.3 is 0 Å². The van der Waals surface area contributed by atoms with E-state index in [2.05, 4.69) is 16.0 Å². The van der Waals surface area contributed by atoms with Gasteiger partial charge in [-0.25, -0.2) is 0 Å². The largest absolute Gasteiger partial charge is 0.352 e. The predicted molar refractivity (Wildman–Crippen MR) is 88.3 cm³/mol. The zero-order valence-corrected chi connectivity index (χ0v) is 13.7. The summed E-state index contributed by atoms with van der Waals surface area (Å²) in [5, 5.41) is 9.12. The van der Waals surface area contributed by atoms with E-state index in [4.69, 9.17) is 11.6 Å². The Kier molecular flexibility index (Phi) is 5.80. The van der Waals surface area contributed by atoms with Gasteiger partial charge < -0.3 is 16.0 Å². The van der Waals surface area contributed by atoms with E-state index in [9.17, 15) is 9.59 Å². The zero-order valence-electron chi connectivity index (χ0n) is 12.9. The second-order valence-corrected chi connectivity index (χ2v) is 6.34. The van der Waals surface area contributed by atoms with E-state index in [1.54, 1.807) is 18.2 Å². The van der Waals surface area contributed by atoms with Crippen molar-refractivity contribution in [1.29, 1.82) is 0 Å². The summed E-state index contributed by atoms with van der Waals surface area (Å²) in [4.78, 5) is 24.0. The lowest BCUT2D eigenvalue weighted by atomic mass is 10.1. The minimum atomic E-state index is -0.200. The SMILES string of the molecule is CC(C)CNC(=O)c1ccc(NC(=O)C2CCCN2)cc1Cl. The Balaban J connectivity index is 1.99. The van der Waals surface area contributed by atoms with Crippen LogP contribution in [0.15, 0.2) is 18.2 Å². The Labute approximate surface area is 135 Å². The highest BCUT2D eigenvalue weighted by Crippen LogP contribution is 2.21. The summed E-state index contributed by atoms with van der Waals surface area (Å²) in [6, 6.07) is 4.80. The number of nitrogens with one attached hydrogen (secondary N) is 3. The van der Waals surface area contributed by atoms with Crippen molar-refractivity contribution in [2.45, 2.75) is 32.7 Å². The lowest BCUT2D eigenvalue weighted by Gasteiger charge is -2.13. The van der Waals surface area contributed by atoms with Crippen molar-refractivity contribution in [3.63, 3.8) is 0 Å². The molecule has 1 unspecified atom stereocenters. The van der Waals surface area contributed by atoms with Crippen molar-refractivity contribution in [3.05, 3.63) is 28.8 Å². The van der Waals surface area contributed by atoms with Gasteiger partial charge in [0.05, 0.1) is 16.6 Å². The van der Waals surface area contributed by atoms with E-state index in [0.717, 1.165) is 19.4 Å². The van der Waals surface area contributed by atoms with E-state index in [-0.39, 0.29) is 17.9 Å². The number of halogens is 1. The second-order valence-electron chi connectivity index (χ2n) is 5.94. The van der Waals surface area contributed by atoms with E-state index < -0.39 is 0 Å². The lowest BCUT2D eigenvalue weighted by molar-refractivity contribution is -0.117. The Morgan fingerprint density at radius 2 is 2.18 bits per heavy atom. The van der Waals surface area contributed by atoms with E-state index in [1.165, 1.54) is 0 Å². The maximum Gasteiger partial charge on any atom is 0.252 e. The maximum atomic E-state index is 12.0. The van der Waals surface area contributed by atoms with Crippen LogP contribution in [0, 0.1) is 5.92 Å². The monoisotopic (exact) mass is 323 g/mol. The molecule has 0 saturated carbocycles. The molecule has 2 amide bonds. The molecule has 5 nitrogen and oxygen atoms in total. The molecular weight excluding hydrogens is 302 g/mol. The van der Waals surface area contributed by atoms with Gasteiger partial charge in [0.15, 0.2) is 0 Å². The first-order valence-corrected chi connectivity index (χ1v) is 7.97. The summed E-state index contributed by atoms with van der Waals surface area (Å²) in [5.74, 6) is 0.111. The molecule has 0 spiro atoms. The maximum absolute atomic E-state index is 12.0. The molecule has 1 saturated heterocycles. The Hall–Kier alpha value is -1.59. The minimum absolute atomic E-state index is 0.0643. The fourth-order valence-electron chi connectivity index (χ4n) is 2.31. The highest BCUT2D eigenvalue weighted by molar-refractivity contribution is 6.34. The van der Waals surface area contributed by atoms with E-state index in [1.807, 2.05) is 13.8 Å².